The molecule has 9 aromatic carbocycles. The van der Waals surface area contributed by atoms with Crippen LogP contribution in [0.25, 0.3) is 72.0 Å². The summed E-state index contributed by atoms with van der Waals surface area (Å²) in [6.07, 6.45) is 0. The van der Waals surface area contributed by atoms with Crippen molar-refractivity contribution >= 4 is 38.9 Å². The molecule has 0 radical (unpaired) electrons. The fourth-order valence-electron chi connectivity index (χ4n) is 9.42. The van der Waals surface area contributed by atoms with Crippen LogP contribution in [0.5, 0.6) is 0 Å². The molecule has 0 bridgehead atoms. The molecular formula is C57H42N2. The Morgan fingerprint density at radius 2 is 0.881 bits per heavy atom. The minimum absolute atomic E-state index is 0.105. The third kappa shape index (κ3) is 5.87. The van der Waals surface area contributed by atoms with Crippen molar-refractivity contribution in [1.82, 2.24) is 4.57 Å². The maximum atomic E-state index is 2.42. The van der Waals surface area contributed by atoms with Crippen LogP contribution in [0.1, 0.15) is 25.0 Å². The lowest BCUT2D eigenvalue weighted by molar-refractivity contribution is 0.660. The van der Waals surface area contributed by atoms with E-state index in [0.29, 0.717) is 0 Å². The van der Waals surface area contributed by atoms with Crippen LogP contribution in [0.4, 0.5) is 17.1 Å². The number of benzene rings is 9. The maximum absolute atomic E-state index is 2.42. The first kappa shape index (κ1) is 34.8. The third-order valence-corrected chi connectivity index (χ3v) is 12.4. The van der Waals surface area contributed by atoms with Gasteiger partial charge in [-0.05, 0) is 128 Å². The largest absolute Gasteiger partial charge is 0.310 e. The Morgan fingerprint density at radius 1 is 0.339 bits per heavy atom. The fraction of sp³-hybridized carbons (Fsp3) is 0.0526. The molecule has 2 nitrogen and oxygen atoms in total. The normalized spacial score (nSPS) is 12.7. The van der Waals surface area contributed by atoms with E-state index in [9.17, 15) is 0 Å². The molecule has 0 unspecified atom stereocenters. The number of hydrogen-bond acceptors (Lipinski definition) is 1. The molecular weight excluding hydrogens is 713 g/mol. The van der Waals surface area contributed by atoms with Gasteiger partial charge in [-0.3, -0.25) is 0 Å². The molecule has 1 aromatic heterocycles. The summed E-state index contributed by atoms with van der Waals surface area (Å²) >= 11 is 0. The van der Waals surface area contributed by atoms with Crippen molar-refractivity contribution in [2.45, 2.75) is 19.3 Å². The summed E-state index contributed by atoms with van der Waals surface area (Å²) in [5, 5.41) is 2.51. The van der Waals surface area contributed by atoms with Crippen LogP contribution in [0, 0.1) is 0 Å². The highest BCUT2D eigenvalue weighted by molar-refractivity contribution is 6.10. The molecule has 0 saturated carbocycles. The molecule has 280 valence electrons. The number of aromatic nitrogens is 1. The highest BCUT2D eigenvalue weighted by Crippen LogP contribution is 2.51. The zero-order valence-electron chi connectivity index (χ0n) is 33.2. The lowest BCUT2D eigenvalue weighted by atomic mass is 9.82. The molecule has 0 amide bonds. The number of hydrogen-bond donors (Lipinski definition) is 0. The number of rotatable bonds is 7. The van der Waals surface area contributed by atoms with Crippen LogP contribution in [-0.2, 0) is 5.41 Å². The third-order valence-electron chi connectivity index (χ3n) is 12.4. The lowest BCUT2D eigenvalue weighted by Crippen LogP contribution is -2.16. The van der Waals surface area contributed by atoms with Crippen molar-refractivity contribution < 1.29 is 0 Å². The summed E-state index contributed by atoms with van der Waals surface area (Å²) in [6, 6.07) is 79.8. The van der Waals surface area contributed by atoms with E-state index in [4.69, 9.17) is 0 Å². The molecule has 0 fully saturated rings. The summed E-state index contributed by atoms with van der Waals surface area (Å²) in [7, 11) is 0. The standard InChI is InChI=1S/C57H42N2/c1-57(2)53-25-11-9-23-49(53)50-33-32-48(38-54(50)57)58(46-30-27-40(28-31-46)39-15-5-3-6-16-39)47-22-14-19-43(36-47)41-17-13-18-42(35-41)44-29-34-56-52(37-44)51-24-10-12-26-55(51)59(56)45-20-7-4-8-21-45/h3-38H,1-2H3. The first-order chi connectivity index (χ1) is 29.0. The Morgan fingerprint density at radius 3 is 1.68 bits per heavy atom. The number of fused-ring (bicyclic) bond motifs is 6. The van der Waals surface area contributed by atoms with E-state index in [1.54, 1.807) is 0 Å². The van der Waals surface area contributed by atoms with Crippen LogP contribution in [0.3, 0.4) is 0 Å². The molecule has 11 rings (SSSR count). The van der Waals surface area contributed by atoms with E-state index < -0.39 is 0 Å². The molecule has 0 atom stereocenters. The van der Waals surface area contributed by atoms with E-state index in [1.807, 2.05) is 0 Å². The van der Waals surface area contributed by atoms with Crippen molar-refractivity contribution in [3.63, 3.8) is 0 Å². The highest BCUT2D eigenvalue weighted by Gasteiger charge is 2.35. The average Bonchev–Trinajstić information content (AvgIpc) is 3.75. The molecule has 0 aliphatic heterocycles. The van der Waals surface area contributed by atoms with E-state index in [2.05, 4.69) is 242 Å². The Bertz CT molecular complexity index is 3170. The molecule has 1 heterocycles. The quantitative estimate of drug-likeness (QED) is 0.157. The molecule has 1 aliphatic rings. The monoisotopic (exact) mass is 754 g/mol. The number of nitrogens with zero attached hydrogens (tertiary/aromatic N) is 2. The fourth-order valence-corrected chi connectivity index (χ4v) is 9.42. The van der Waals surface area contributed by atoms with Gasteiger partial charge in [0.1, 0.15) is 0 Å². The van der Waals surface area contributed by atoms with Crippen LogP contribution in [0.2, 0.25) is 0 Å². The summed E-state index contributed by atoms with van der Waals surface area (Å²) in [6.45, 7) is 4.71. The minimum atomic E-state index is -0.105. The summed E-state index contributed by atoms with van der Waals surface area (Å²) in [5.74, 6) is 0. The zero-order valence-corrected chi connectivity index (χ0v) is 33.2. The van der Waals surface area contributed by atoms with Gasteiger partial charge in [0.15, 0.2) is 0 Å². The topological polar surface area (TPSA) is 8.17 Å². The van der Waals surface area contributed by atoms with Gasteiger partial charge in [-0.15, -0.1) is 0 Å². The second kappa shape index (κ2) is 13.9. The summed E-state index contributed by atoms with van der Waals surface area (Å²) in [5.41, 5.74) is 19.4. The SMILES string of the molecule is CC1(C)c2ccccc2-c2ccc(N(c3ccc(-c4ccccc4)cc3)c3cccc(-c4cccc(-c5ccc6c(c5)c5ccccc5n6-c5ccccc5)c4)c3)cc21. The second-order valence-electron chi connectivity index (χ2n) is 16.2. The Balaban J connectivity index is 1.00. The van der Waals surface area contributed by atoms with Gasteiger partial charge in [0.2, 0.25) is 0 Å². The number of para-hydroxylation sites is 2. The smallest absolute Gasteiger partial charge is 0.0541 e. The predicted octanol–water partition coefficient (Wildman–Crippen LogP) is 15.6. The van der Waals surface area contributed by atoms with Gasteiger partial charge in [-0.1, -0.05) is 159 Å². The van der Waals surface area contributed by atoms with Crippen LogP contribution < -0.4 is 4.90 Å². The van der Waals surface area contributed by atoms with E-state index in [1.165, 1.54) is 83.1 Å². The summed E-state index contributed by atoms with van der Waals surface area (Å²) < 4.78 is 2.37. The molecule has 1 aliphatic carbocycles. The van der Waals surface area contributed by atoms with Gasteiger partial charge < -0.3 is 9.47 Å². The van der Waals surface area contributed by atoms with Crippen molar-refractivity contribution in [2.24, 2.45) is 0 Å². The minimum Gasteiger partial charge on any atom is -0.310 e. The van der Waals surface area contributed by atoms with E-state index >= 15 is 0 Å². The maximum Gasteiger partial charge on any atom is 0.0541 e. The van der Waals surface area contributed by atoms with Crippen LogP contribution in [0.15, 0.2) is 218 Å². The molecule has 2 heteroatoms. The second-order valence-corrected chi connectivity index (χ2v) is 16.2. The van der Waals surface area contributed by atoms with Crippen molar-refractivity contribution in [3.8, 4) is 50.2 Å². The molecule has 0 N–H and O–H groups in total. The predicted molar refractivity (Wildman–Crippen MR) is 249 cm³/mol. The van der Waals surface area contributed by atoms with Crippen LogP contribution in [-0.4, -0.2) is 4.57 Å². The van der Waals surface area contributed by atoms with Gasteiger partial charge in [0.25, 0.3) is 0 Å². The Labute approximate surface area is 345 Å². The number of anilines is 3. The first-order valence-corrected chi connectivity index (χ1v) is 20.5. The molecule has 0 spiro atoms. The molecule has 0 saturated heterocycles. The van der Waals surface area contributed by atoms with Crippen LogP contribution >= 0.6 is 0 Å². The zero-order chi connectivity index (χ0) is 39.5. The van der Waals surface area contributed by atoms with Gasteiger partial charge in [0, 0.05) is 38.9 Å². The van der Waals surface area contributed by atoms with Gasteiger partial charge in [-0.25, -0.2) is 0 Å². The Kier molecular flexibility index (Phi) is 8.20. The van der Waals surface area contributed by atoms with Gasteiger partial charge in [-0.2, -0.15) is 0 Å². The van der Waals surface area contributed by atoms with Crippen molar-refractivity contribution in [2.75, 3.05) is 4.90 Å². The highest BCUT2D eigenvalue weighted by atomic mass is 15.1. The van der Waals surface area contributed by atoms with Crippen molar-refractivity contribution in [1.29, 1.82) is 0 Å². The lowest BCUT2D eigenvalue weighted by Gasteiger charge is -2.28. The molecule has 59 heavy (non-hydrogen) atoms. The van der Waals surface area contributed by atoms with Gasteiger partial charge >= 0.3 is 0 Å². The van der Waals surface area contributed by atoms with Gasteiger partial charge in [0.05, 0.1) is 11.0 Å². The first-order valence-electron chi connectivity index (χ1n) is 20.5. The van der Waals surface area contributed by atoms with E-state index in [-0.39, 0.29) is 5.41 Å². The summed E-state index contributed by atoms with van der Waals surface area (Å²) in [4.78, 5) is 2.41. The average molecular weight is 755 g/mol. The van der Waals surface area contributed by atoms with E-state index in [0.717, 1.165) is 17.1 Å². The van der Waals surface area contributed by atoms with Crippen molar-refractivity contribution in [3.05, 3.63) is 230 Å². The Hall–Kier alpha value is -7.42. The molecule has 10 aromatic rings.